The minimum absolute atomic E-state index is 0.0329. The number of halogens is 1. The monoisotopic (exact) mass is 484 g/mol. The number of nitro groups is 1. The molecule has 1 amide bonds. The molecule has 1 aliphatic heterocycles. The van der Waals surface area contributed by atoms with Gasteiger partial charge in [-0.05, 0) is 62.7 Å². The van der Waals surface area contributed by atoms with Crippen molar-refractivity contribution in [1.29, 1.82) is 0 Å². The minimum Gasteiger partial charge on any atom is -0.325 e. The van der Waals surface area contributed by atoms with Gasteiger partial charge in [0.2, 0.25) is 5.91 Å². The summed E-state index contributed by atoms with van der Waals surface area (Å²) in [5.74, 6) is 0.103. The van der Waals surface area contributed by atoms with Crippen molar-refractivity contribution in [2.75, 3.05) is 24.2 Å². The van der Waals surface area contributed by atoms with Crippen LogP contribution in [0.3, 0.4) is 0 Å². The fourth-order valence-electron chi connectivity index (χ4n) is 3.84. The predicted octanol–water partition coefficient (Wildman–Crippen LogP) is 4.34. The molecule has 0 bridgehead atoms. The van der Waals surface area contributed by atoms with E-state index in [1.165, 1.54) is 42.4 Å². The van der Waals surface area contributed by atoms with E-state index in [1.54, 1.807) is 25.1 Å². The second-order valence-corrected chi connectivity index (χ2v) is 9.08. The number of aryl methyl sites for hydroxylation is 1. The van der Waals surface area contributed by atoms with Crippen LogP contribution in [0.4, 0.5) is 15.8 Å². The third-order valence-electron chi connectivity index (χ3n) is 5.64. The van der Waals surface area contributed by atoms with Crippen molar-refractivity contribution in [1.82, 2.24) is 19.7 Å². The molecular weight excluding hydrogens is 459 g/mol. The Morgan fingerprint density at radius 1 is 1.15 bits per heavy atom. The highest BCUT2D eigenvalue weighted by atomic mass is 32.2. The molecule has 2 heterocycles. The summed E-state index contributed by atoms with van der Waals surface area (Å²) in [7, 11) is 0. The summed E-state index contributed by atoms with van der Waals surface area (Å²) < 4.78 is 15.4. The highest BCUT2D eigenvalue weighted by molar-refractivity contribution is 7.99. The number of aromatic nitrogens is 3. The van der Waals surface area contributed by atoms with E-state index in [0.29, 0.717) is 17.4 Å². The number of nitrogens with one attached hydrogen (secondary N) is 1. The Kier molecular flexibility index (Phi) is 7.53. The average Bonchev–Trinajstić information content (AvgIpc) is 3.22. The maximum atomic E-state index is 13.5. The van der Waals surface area contributed by atoms with E-state index in [9.17, 15) is 19.3 Å². The molecule has 9 nitrogen and oxygen atoms in total. The van der Waals surface area contributed by atoms with Gasteiger partial charge in [0.05, 0.1) is 22.9 Å². The minimum atomic E-state index is -0.501. The van der Waals surface area contributed by atoms with Gasteiger partial charge in [0.1, 0.15) is 5.82 Å². The summed E-state index contributed by atoms with van der Waals surface area (Å²) in [4.78, 5) is 25.5. The van der Waals surface area contributed by atoms with Gasteiger partial charge in [-0.25, -0.2) is 4.39 Å². The number of hydrogen-bond acceptors (Lipinski definition) is 7. The second kappa shape index (κ2) is 10.7. The highest BCUT2D eigenvalue weighted by Gasteiger charge is 2.20. The molecule has 34 heavy (non-hydrogen) atoms. The zero-order valence-corrected chi connectivity index (χ0v) is 19.6. The molecule has 178 valence electrons. The van der Waals surface area contributed by atoms with Gasteiger partial charge in [0, 0.05) is 17.8 Å². The van der Waals surface area contributed by atoms with E-state index in [2.05, 4.69) is 20.4 Å². The number of nitro benzene ring substituents is 1. The second-order valence-electron chi connectivity index (χ2n) is 8.14. The normalized spacial score (nSPS) is 14.2. The Morgan fingerprint density at radius 3 is 2.59 bits per heavy atom. The molecule has 1 aromatic heterocycles. The number of rotatable bonds is 8. The first-order valence-electron chi connectivity index (χ1n) is 11.0. The van der Waals surface area contributed by atoms with Gasteiger partial charge in [0.25, 0.3) is 5.69 Å². The van der Waals surface area contributed by atoms with E-state index in [0.717, 1.165) is 43.0 Å². The lowest BCUT2D eigenvalue weighted by Crippen LogP contribution is -2.30. The molecule has 1 N–H and O–H groups in total. The predicted molar refractivity (Wildman–Crippen MR) is 128 cm³/mol. The maximum absolute atomic E-state index is 13.5. The van der Waals surface area contributed by atoms with E-state index in [1.807, 2.05) is 4.57 Å². The quantitative estimate of drug-likeness (QED) is 0.288. The Morgan fingerprint density at radius 2 is 1.88 bits per heavy atom. The number of amides is 1. The molecule has 1 saturated heterocycles. The average molecular weight is 485 g/mol. The lowest BCUT2D eigenvalue weighted by molar-refractivity contribution is -0.384. The number of benzene rings is 2. The summed E-state index contributed by atoms with van der Waals surface area (Å²) in [6, 6.07) is 10.4. The largest absolute Gasteiger partial charge is 0.325 e. The van der Waals surface area contributed by atoms with Gasteiger partial charge in [0.15, 0.2) is 11.0 Å². The molecule has 4 rings (SSSR count). The fraction of sp³-hybridized carbons (Fsp3) is 0.348. The molecule has 1 aliphatic rings. The first-order valence-corrected chi connectivity index (χ1v) is 12.0. The summed E-state index contributed by atoms with van der Waals surface area (Å²) in [6.07, 6.45) is 3.51. The van der Waals surface area contributed by atoms with E-state index in [-0.39, 0.29) is 23.2 Å². The first-order chi connectivity index (χ1) is 16.4. The summed E-state index contributed by atoms with van der Waals surface area (Å²) in [5.41, 5.74) is 1.75. The Bertz CT molecular complexity index is 1180. The Balaban J connectivity index is 1.51. The Hall–Kier alpha value is -3.31. The van der Waals surface area contributed by atoms with Crippen LogP contribution in [0.1, 0.15) is 30.7 Å². The van der Waals surface area contributed by atoms with Crippen LogP contribution in [-0.2, 0) is 11.3 Å². The van der Waals surface area contributed by atoms with Crippen LogP contribution in [0.25, 0.3) is 5.69 Å². The molecule has 0 spiro atoms. The maximum Gasteiger partial charge on any atom is 0.271 e. The van der Waals surface area contributed by atoms with Gasteiger partial charge in [-0.3, -0.25) is 24.4 Å². The number of non-ortho nitro benzene ring substituents is 1. The van der Waals surface area contributed by atoms with E-state index >= 15 is 0 Å². The number of hydrogen-bond donors (Lipinski definition) is 1. The molecule has 0 unspecified atom stereocenters. The molecule has 2 aromatic carbocycles. The number of piperidine rings is 1. The number of carbonyl (C=O) groups excluding carboxylic acids is 1. The molecule has 11 heteroatoms. The number of anilines is 1. The molecule has 1 fully saturated rings. The van der Waals surface area contributed by atoms with Crippen LogP contribution in [0.15, 0.2) is 47.6 Å². The third kappa shape index (κ3) is 5.78. The molecule has 3 aromatic rings. The van der Waals surface area contributed by atoms with Crippen LogP contribution in [0.2, 0.25) is 0 Å². The van der Waals surface area contributed by atoms with Crippen molar-refractivity contribution in [2.24, 2.45) is 0 Å². The smallest absolute Gasteiger partial charge is 0.271 e. The SMILES string of the molecule is Cc1ccc([N+](=O)[O-])cc1NC(=O)CSc1nnc(CN2CCCCC2)n1-c1ccc(F)cc1. The number of likely N-dealkylation sites (tertiary alicyclic amines) is 1. The summed E-state index contributed by atoms with van der Waals surface area (Å²) in [6.45, 7) is 4.36. The molecule has 0 aliphatic carbocycles. The van der Waals surface area contributed by atoms with Crippen LogP contribution < -0.4 is 5.32 Å². The summed E-state index contributed by atoms with van der Waals surface area (Å²) in [5, 5.41) is 23.0. The molecular formula is C23H25FN6O3S. The van der Waals surface area contributed by atoms with Crippen molar-refractivity contribution in [2.45, 2.75) is 37.9 Å². The van der Waals surface area contributed by atoms with Crippen LogP contribution in [0, 0.1) is 22.9 Å². The zero-order chi connectivity index (χ0) is 24.1. The van der Waals surface area contributed by atoms with Crippen molar-refractivity contribution in [3.05, 3.63) is 69.8 Å². The van der Waals surface area contributed by atoms with Gasteiger partial charge < -0.3 is 5.32 Å². The summed E-state index contributed by atoms with van der Waals surface area (Å²) >= 11 is 1.20. The van der Waals surface area contributed by atoms with Crippen LogP contribution >= 0.6 is 11.8 Å². The Labute approximate surface area is 200 Å². The molecule has 0 radical (unpaired) electrons. The lowest BCUT2D eigenvalue weighted by Gasteiger charge is -2.26. The zero-order valence-electron chi connectivity index (χ0n) is 18.7. The van der Waals surface area contributed by atoms with Gasteiger partial charge in [-0.1, -0.05) is 24.2 Å². The number of carbonyl (C=O) groups is 1. The number of thioether (sulfide) groups is 1. The van der Waals surface area contributed by atoms with Gasteiger partial charge in [-0.2, -0.15) is 0 Å². The fourth-order valence-corrected chi connectivity index (χ4v) is 4.61. The van der Waals surface area contributed by atoms with Crippen molar-refractivity contribution in [3.63, 3.8) is 0 Å². The van der Waals surface area contributed by atoms with Gasteiger partial charge >= 0.3 is 0 Å². The number of nitrogens with zero attached hydrogens (tertiary/aromatic N) is 5. The van der Waals surface area contributed by atoms with E-state index in [4.69, 9.17) is 0 Å². The van der Waals surface area contributed by atoms with Crippen LogP contribution in [0.5, 0.6) is 0 Å². The third-order valence-corrected chi connectivity index (χ3v) is 6.57. The van der Waals surface area contributed by atoms with Crippen molar-refractivity contribution >= 4 is 29.0 Å². The van der Waals surface area contributed by atoms with E-state index < -0.39 is 4.92 Å². The first kappa shape index (κ1) is 23.8. The molecule has 0 saturated carbocycles. The highest BCUT2D eigenvalue weighted by Crippen LogP contribution is 2.26. The van der Waals surface area contributed by atoms with Crippen molar-refractivity contribution < 1.29 is 14.1 Å². The lowest BCUT2D eigenvalue weighted by atomic mass is 10.1. The standard InChI is InChI=1S/C23H25FN6O3S/c1-16-5-8-19(30(32)33)13-20(16)25-22(31)15-34-23-27-26-21(14-28-11-3-2-4-12-28)29(23)18-9-6-17(24)7-10-18/h5-10,13H,2-4,11-12,14-15H2,1H3,(H,25,31). The molecule has 0 atom stereocenters. The topological polar surface area (TPSA) is 106 Å². The van der Waals surface area contributed by atoms with Gasteiger partial charge in [-0.15, -0.1) is 10.2 Å². The van der Waals surface area contributed by atoms with Crippen LogP contribution in [-0.4, -0.2) is 49.3 Å². The van der Waals surface area contributed by atoms with Crippen molar-refractivity contribution in [3.8, 4) is 5.69 Å².